The SMILES string of the molecule is Cc1cc(C(=O)NC(CCCC2CCN(C(=O)OCc3ccccc3)CC2)c2nc3ccc(Cl)cc3[nH]2)ccc1C(=O)N1CCCC1. The fourth-order valence-corrected chi connectivity index (χ4v) is 6.82. The van der Waals surface area contributed by atoms with Crippen LogP contribution in [0.5, 0.6) is 0 Å². The number of ether oxygens (including phenoxy) is 1. The van der Waals surface area contributed by atoms with Gasteiger partial charge in [-0.3, -0.25) is 9.59 Å². The van der Waals surface area contributed by atoms with Crippen LogP contribution in [0.1, 0.15) is 88.7 Å². The molecule has 3 aromatic carbocycles. The molecule has 47 heavy (non-hydrogen) atoms. The number of aryl methyl sites for hydroxylation is 1. The van der Waals surface area contributed by atoms with Crippen molar-refractivity contribution < 1.29 is 19.1 Å². The third-order valence-electron chi connectivity index (χ3n) is 9.39. The monoisotopic (exact) mass is 655 g/mol. The van der Waals surface area contributed by atoms with Crippen LogP contribution in [0, 0.1) is 12.8 Å². The van der Waals surface area contributed by atoms with Gasteiger partial charge in [-0.05, 0) is 92.5 Å². The molecule has 0 radical (unpaired) electrons. The van der Waals surface area contributed by atoms with E-state index in [-0.39, 0.29) is 30.6 Å². The van der Waals surface area contributed by atoms with Crippen LogP contribution in [0.15, 0.2) is 66.7 Å². The van der Waals surface area contributed by atoms with Crippen LogP contribution in [-0.4, -0.2) is 63.9 Å². The van der Waals surface area contributed by atoms with Crippen molar-refractivity contribution >= 4 is 40.5 Å². The van der Waals surface area contributed by atoms with Gasteiger partial charge in [-0.2, -0.15) is 0 Å². The molecule has 246 valence electrons. The molecule has 4 aromatic rings. The first-order chi connectivity index (χ1) is 22.8. The maximum absolute atomic E-state index is 13.6. The van der Waals surface area contributed by atoms with Gasteiger partial charge in [0.05, 0.1) is 17.1 Å². The number of nitrogens with zero attached hydrogens (tertiary/aromatic N) is 3. The van der Waals surface area contributed by atoms with Crippen LogP contribution >= 0.6 is 11.6 Å². The van der Waals surface area contributed by atoms with Crippen molar-refractivity contribution in [2.24, 2.45) is 5.92 Å². The smallest absolute Gasteiger partial charge is 0.410 e. The number of fused-ring (bicyclic) bond motifs is 1. The van der Waals surface area contributed by atoms with Gasteiger partial charge in [0.15, 0.2) is 0 Å². The molecular weight excluding hydrogens is 614 g/mol. The van der Waals surface area contributed by atoms with Gasteiger partial charge in [0.2, 0.25) is 0 Å². The Balaban J connectivity index is 1.06. The molecule has 3 heterocycles. The highest BCUT2D eigenvalue weighted by Crippen LogP contribution is 2.28. The summed E-state index contributed by atoms with van der Waals surface area (Å²) in [5, 5.41) is 3.83. The van der Waals surface area contributed by atoms with E-state index in [4.69, 9.17) is 21.3 Å². The van der Waals surface area contributed by atoms with Gasteiger partial charge in [0, 0.05) is 42.3 Å². The summed E-state index contributed by atoms with van der Waals surface area (Å²) >= 11 is 6.23. The summed E-state index contributed by atoms with van der Waals surface area (Å²) in [5.41, 5.74) is 4.53. The number of halogens is 1. The highest BCUT2D eigenvalue weighted by atomic mass is 35.5. The van der Waals surface area contributed by atoms with Crippen molar-refractivity contribution in [3.63, 3.8) is 0 Å². The molecule has 0 bridgehead atoms. The Morgan fingerprint density at radius 3 is 2.49 bits per heavy atom. The average molecular weight is 656 g/mol. The maximum atomic E-state index is 13.6. The van der Waals surface area contributed by atoms with Gasteiger partial charge in [-0.1, -0.05) is 54.8 Å². The number of hydrogen-bond acceptors (Lipinski definition) is 5. The number of piperidine rings is 1. The number of likely N-dealkylation sites (tertiary alicyclic amines) is 2. The van der Waals surface area contributed by atoms with Gasteiger partial charge in [-0.15, -0.1) is 0 Å². The number of nitrogens with one attached hydrogen (secondary N) is 2. The molecule has 2 saturated heterocycles. The third kappa shape index (κ3) is 8.14. The number of aromatic nitrogens is 2. The van der Waals surface area contributed by atoms with Crippen molar-refractivity contribution in [2.45, 2.75) is 64.5 Å². The normalized spacial score (nSPS) is 16.0. The Bertz CT molecular complexity index is 1710. The second-order valence-corrected chi connectivity index (χ2v) is 13.2. The summed E-state index contributed by atoms with van der Waals surface area (Å²) in [4.78, 5) is 51.0. The zero-order valence-electron chi connectivity index (χ0n) is 26.8. The number of aromatic amines is 1. The van der Waals surface area contributed by atoms with Crippen LogP contribution in [0.25, 0.3) is 11.0 Å². The van der Waals surface area contributed by atoms with Gasteiger partial charge in [-0.25, -0.2) is 9.78 Å². The molecule has 9 nitrogen and oxygen atoms in total. The van der Waals surface area contributed by atoms with Crippen LogP contribution in [0.2, 0.25) is 5.02 Å². The van der Waals surface area contributed by atoms with Crippen molar-refractivity contribution in [3.05, 3.63) is 99.8 Å². The summed E-state index contributed by atoms with van der Waals surface area (Å²) in [5.74, 6) is 0.992. The second-order valence-electron chi connectivity index (χ2n) is 12.7. The number of amides is 3. The first-order valence-corrected chi connectivity index (χ1v) is 17.0. The van der Waals surface area contributed by atoms with E-state index in [0.717, 1.165) is 73.8 Å². The number of benzene rings is 3. The Labute approximate surface area is 280 Å². The fraction of sp³-hybridized carbons (Fsp3) is 0.405. The maximum Gasteiger partial charge on any atom is 0.410 e. The molecule has 1 unspecified atom stereocenters. The van der Waals surface area contributed by atoms with E-state index in [1.54, 1.807) is 29.2 Å². The molecule has 0 spiro atoms. The molecule has 2 aliphatic rings. The van der Waals surface area contributed by atoms with Crippen LogP contribution in [0.3, 0.4) is 0 Å². The minimum absolute atomic E-state index is 0.0284. The summed E-state index contributed by atoms with van der Waals surface area (Å²) in [6.45, 7) is 5.09. The van der Waals surface area contributed by atoms with Gasteiger partial charge in [0.25, 0.3) is 11.8 Å². The van der Waals surface area contributed by atoms with Crippen LogP contribution in [-0.2, 0) is 11.3 Å². The molecule has 0 aliphatic carbocycles. The Hall–Kier alpha value is -4.37. The third-order valence-corrected chi connectivity index (χ3v) is 9.63. The highest BCUT2D eigenvalue weighted by molar-refractivity contribution is 6.31. The highest BCUT2D eigenvalue weighted by Gasteiger charge is 2.26. The number of carbonyl (C=O) groups excluding carboxylic acids is 3. The van der Waals surface area contributed by atoms with E-state index in [0.29, 0.717) is 47.4 Å². The first kappa shape index (κ1) is 32.6. The minimum atomic E-state index is -0.340. The summed E-state index contributed by atoms with van der Waals surface area (Å²) in [7, 11) is 0. The van der Waals surface area contributed by atoms with Crippen molar-refractivity contribution in [3.8, 4) is 0 Å². The number of carbonyl (C=O) groups is 3. The van der Waals surface area contributed by atoms with E-state index >= 15 is 0 Å². The van der Waals surface area contributed by atoms with Crippen molar-refractivity contribution in [1.82, 2.24) is 25.1 Å². The molecule has 6 rings (SSSR count). The van der Waals surface area contributed by atoms with Crippen LogP contribution in [0.4, 0.5) is 4.79 Å². The van der Waals surface area contributed by atoms with Crippen molar-refractivity contribution in [1.29, 1.82) is 0 Å². The lowest BCUT2D eigenvalue weighted by molar-refractivity contribution is 0.0788. The molecule has 2 N–H and O–H groups in total. The topological polar surface area (TPSA) is 108 Å². The molecule has 1 aromatic heterocycles. The fourth-order valence-electron chi connectivity index (χ4n) is 6.65. The Morgan fingerprint density at radius 2 is 1.74 bits per heavy atom. The lowest BCUT2D eigenvalue weighted by Gasteiger charge is -2.31. The van der Waals surface area contributed by atoms with E-state index < -0.39 is 0 Å². The molecule has 10 heteroatoms. The quantitative estimate of drug-likeness (QED) is 0.185. The number of hydrogen-bond donors (Lipinski definition) is 2. The Morgan fingerprint density at radius 1 is 0.979 bits per heavy atom. The lowest BCUT2D eigenvalue weighted by Crippen LogP contribution is -2.38. The van der Waals surface area contributed by atoms with Gasteiger partial charge >= 0.3 is 6.09 Å². The molecule has 3 amide bonds. The summed E-state index contributed by atoms with van der Waals surface area (Å²) in [6, 6.07) is 20.2. The predicted molar refractivity (Wildman–Crippen MR) is 182 cm³/mol. The van der Waals surface area contributed by atoms with Crippen LogP contribution < -0.4 is 5.32 Å². The van der Waals surface area contributed by atoms with Crippen molar-refractivity contribution in [2.75, 3.05) is 26.2 Å². The summed E-state index contributed by atoms with van der Waals surface area (Å²) < 4.78 is 5.53. The zero-order valence-corrected chi connectivity index (χ0v) is 27.6. The van der Waals surface area contributed by atoms with Gasteiger partial charge in [0.1, 0.15) is 12.4 Å². The summed E-state index contributed by atoms with van der Waals surface area (Å²) in [6.07, 6.45) is 6.21. The predicted octanol–water partition coefficient (Wildman–Crippen LogP) is 7.45. The average Bonchev–Trinajstić information content (AvgIpc) is 3.78. The number of rotatable bonds is 10. The molecule has 0 saturated carbocycles. The standard InChI is InChI=1S/C37H42ClN5O4/c1-25-22-28(12-14-30(25)36(45)42-18-5-6-19-42)35(44)41-32(34-39-31-15-13-29(38)23-33(31)40-34)11-7-10-26-16-20-43(21-17-26)37(46)47-24-27-8-3-2-4-9-27/h2-4,8-9,12-15,22-23,26,32H,5-7,10-11,16-21,24H2,1H3,(H,39,40)(H,41,44). The first-order valence-electron chi connectivity index (χ1n) is 16.7. The molecule has 2 fully saturated rings. The lowest BCUT2D eigenvalue weighted by atomic mass is 9.91. The Kier molecular flexibility index (Phi) is 10.4. The number of H-pyrrole nitrogens is 1. The van der Waals surface area contributed by atoms with E-state index in [9.17, 15) is 14.4 Å². The second kappa shape index (κ2) is 15.0. The largest absolute Gasteiger partial charge is 0.445 e. The molecule has 1 atom stereocenters. The zero-order chi connectivity index (χ0) is 32.8. The number of imidazole rings is 1. The molecular formula is C37H42ClN5O4. The minimum Gasteiger partial charge on any atom is -0.445 e. The molecule has 2 aliphatic heterocycles. The van der Waals surface area contributed by atoms with E-state index in [1.807, 2.05) is 54.3 Å². The van der Waals surface area contributed by atoms with E-state index in [2.05, 4.69) is 10.3 Å². The van der Waals surface area contributed by atoms with E-state index in [1.165, 1.54) is 0 Å². The van der Waals surface area contributed by atoms with Gasteiger partial charge < -0.3 is 24.8 Å².